The number of nitrogens with two attached hydrogens (primary N) is 1. The van der Waals surface area contributed by atoms with Crippen LogP contribution in [0, 0.1) is 11.3 Å². The lowest BCUT2D eigenvalue weighted by atomic mass is 10.3. The molecule has 0 radical (unpaired) electrons. The van der Waals surface area contributed by atoms with Crippen molar-refractivity contribution < 1.29 is 19.1 Å². The number of rotatable bonds is 6. The molecule has 0 aliphatic heterocycles. The van der Waals surface area contributed by atoms with Crippen LogP contribution in [0.25, 0.3) is 0 Å². The van der Waals surface area contributed by atoms with Gasteiger partial charge in [-0.1, -0.05) is 6.07 Å². The minimum atomic E-state index is -0.686. The number of ether oxygens (including phenoxy) is 2. The Labute approximate surface area is 109 Å². The van der Waals surface area contributed by atoms with Crippen molar-refractivity contribution in [3.05, 3.63) is 24.3 Å². The number of amides is 1. The zero-order valence-corrected chi connectivity index (χ0v) is 10.1. The number of nitriles is 1. The maximum atomic E-state index is 11.3. The fourth-order valence-corrected chi connectivity index (χ4v) is 1.12. The van der Waals surface area contributed by atoms with Gasteiger partial charge in [0, 0.05) is 11.8 Å². The van der Waals surface area contributed by atoms with Gasteiger partial charge in [0.05, 0.1) is 6.07 Å². The van der Waals surface area contributed by atoms with Crippen LogP contribution in [-0.4, -0.2) is 31.6 Å². The monoisotopic (exact) mass is 263 g/mol. The highest BCUT2D eigenvalue weighted by atomic mass is 16.6. The molecule has 3 N–H and O–H groups in total. The highest BCUT2D eigenvalue weighted by Crippen LogP contribution is 2.14. The van der Waals surface area contributed by atoms with E-state index in [0.717, 1.165) is 0 Å². The third-order valence-electron chi connectivity index (χ3n) is 1.94. The molecule has 100 valence electrons. The summed E-state index contributed by atoms with van der Waals surface area (Å²) >= 11 is 0. The van der Waals surface area contributed by atoms with Crippen LogP contribution in [0.1, 0.15) is 0 Å². The zero-order valence-electron chi connectivity index (χ0n) is 10.1. The average molecular weight is 263 g/mol. The summed E-state index contributed by atoms with van der Waals surface area (Å²) in [5, 5.41) is 10.5. The Hall–Kier alpha value is -2.75. The molecule has 0 spiro atoms. The van der Waals surface area contributed by atoms with Crippen molar-refractivity contribution in [1.82, 2.24) is 5.32 Å². The van der Waals surface area contributed by atoms with Crippen LogP contribution in [0.2, 0.25) is 0 Å². The first-order valence-electron chi connectivity index (χ1n) is 5.39. The summed E-state index contributed by atoms with van der Waals surface area (Å²) < 4.78 is 9.76. The molecule has 1 aromatic carbocycles. The molecule has 0 unspecified atom stereocenters. The molecule has 7 nitrogen and oxygen atoms in total. The Morgan fingerprint density at radius 1 is 1.37 bits per heavy atom. The molecule has 0 aromatic heterocycles. The van der Waals surface area contributed by atoms with Crippen LogP contribution in [-0.2, 0) is 14.3 Å². The van der Waals surface area contributed by atoms with Crippen LogP contribution < -0.4 is 15.8 Å². The van der Waals surface area contributed by atoms with Crippen LogP contribution in [0.15, 0.2) is 24.3 Å². The van der Waals surface area contributed by atoms with Gasteiger partial charge in [-0.05, 0) is 12.1 Å². The summed E-state index contributed by atoms with van der Waals surface area (Å²) in [6, 6.07) is 8.30. The summed E-state index contributed by atoms with van der Waals surface area (Å²) in [5.74, 6) is -0.792. The third-order valence-corrected chi connectivity index (χ3v) is 1.94. The van der Waals surface area contributed by atoms with Gasteiger partial charge < -0.3 is 20.5 Å². The number of nitrogen functional groups attached to an aromatic ring is 1. The van der Waals surface area contributed by atoms with Gasteiger partial charge in [0.2, 0.25) is 0 Å². The van der Waals surface area contributed by atoms with Gasteiger partial charge in [0.1, 0.15) is 12.3 Å². The van der Waals surface area contributed by atoms with E-state index in [1.807, 2.05) is 0 Å². The highest BCUT2D eigenvalue weighted by molar-refractivity contribution is 5.81. The standard InChI is InChI=1S/C12H13N3O4/c13-4-5-15-11(16)7-19-12(17)8-18-10-3-1-2-9(14)6-10/h1-3,6H,5,7-8,14H2,(H,15,16). The largest absolute Gasteiger partial charge is 0.482 e. The molecule has 0 saturated carbocycles. The summed E-state index contributed by atoms with van der Waals surface area (Å²) in [4.78, 5) is 22.3. The van der Waals surface area contributed by atoms with E-state index < -0.39 is 18.5 Å². The highest BCUT2D eigenvalue weighted by Gasteiger charge is 2.08. The Morgan fingerprint density at radius 3 is 2.84 bits per heavy atom. The molecule has 0 bridgehead atoms. The van der Waals surface area contributed by atoms with E-state index in [1.165, 1.54) is 0 Å². The maximum Gasteiger partial charge on any atom is 0.344 e. The predicted octanol–water partition coefficient (Wildman–Crippen LogP) is -0.169. The van der Waals surface area contributed by atoms with Crippen LogP contribution in [0.5, 0.6) is 5.75 Å². The van der Waals surface area contributed by atoms with Gasteiger partial charge in [-0.2, -0.15) is 5.26 Å². The van der Waals surface area contributed by atoms with Gasteiger partial charge in [-0.25, -0.2) is 4.79 Å². The lowest BCUT2D eigenvalue weighted by molar-refractivity contribution is -0.150. The van der Waals surface area contributed by atoms with Crippen molar-refractivity contribution in [2.45, 2.75) is 0 Å². The Balaban J connectivity index is 2.25. The predicted molar refractivity (Wildman–Crippen MR) is 65.9 cm³/mol. The summed E-state index contributed by atoms with van der Waals surface area (Å²) in [6.07, 6.45) is 0. The second-order valence-electron chi connectivity index (χ2n) is 3.46. The van der Waals surface area contributed by atoms with Crippen molar-refractivity contribution in [2.24, 2.45) is 0 Å². The number of hydrogen-bond donors (Lipinski definition) is 2. The third kappa shape index (κ3) is 5.93. The molecule has 1 aromatic rings. The second kappa shape index (κ2) is 7.55. The lowest BCUT2D eigenvalue weighted by Crippen LogP contribution is -2.30. The maximum absolute atomic E-state index is 11.3. The Bertz CT molecular complexity index is 496. The van der Waals surface area contributed by atoms with E-state index in [1.54, 1.807) is 30.3 Å². The van der Waals surface area contributed by atoms with Crippen molar-refractivity contribution in [2.75, 3.05) is 25.5 Å². The number of esters is 1. The van der Waals surface area contributed by atoms with Crippen LogP contribution in [0.4, 0.5) is 5.69 Å². The average Bonchev–Trinajstić information content (AvgIpc) is 2.40. The first kappa shape index (κ1) is 14.3. The minimum Gasteiger partial charge on any atom is -0.482 e. The number of benzene rings is 1. The summed E-state index contributed by atoms with van der Waals surface area (Å²) in [5.41, 5.74) is 6.05. The SMILES string of the molecule is N#CCNC(=O)COC(=O)COc1cccc(N)c1. The van der Waals surface area contributed by atoms with Gasteiger partial charge in [0.15, 0.2) is 13.2 Å². The smallest absolute Gasteiger partial charge is 0.344 e. The van der Waals surface area contributed by atoms with E-state index in [2.05, 4.69) is 10.1 Å². The molecule has 1 rings (SSSR count). The molecular formula is C12H13N3O4. The van der Waals surface area contributed by atoms with E-state index >= 15 is 0 Å². The summed E-state index contributed by atoms with van der Waals surface area (Å²) in [6.45, 7) is -0.897. The number of carbonyl (C=O) groups excluding carboxylic acids is 2. The quantitative estimate of drug-likeness (QED) is 0.418. The van der Waals surface area contributed by atoms with Crippen molar-refractivity contribution in [1.29, 1.82) is 5.26 Å². The number of carbonyl (C=O) groups is 2. The fraction of sp³-hybridized carbons (Fsp3) is 0.250. The van der Waals surface area contributed by atoms with E-state index in [-0.39, 0.29) is 13.2 Å². The molecule has 19 heavy (non-hydrogen) atoms. The molecule has 0 fully saturated rings. The lowest BCUT2D eigenvalue weighted by Gasteiger charge is -2.07. The van der Waals surface area contributed by atoms with E-state index in [0.29, 0.717) is 11.4 Å². The normalized spacial score (nSPS) is 9.21. The number of hydrogen-bond acceptors (Lipinski definition) is 6. The molecule has 0 heterocycles. The molecular weight excluding hydrogens is 250 g/mol. The first-order chi connectivity index (χ1) is 9.11. The number of nitrogens with zero attached hydrogens (tertiary/aromatic N) is 1. The van der Waals surface area contributed by atoms with Crippen molar-refractivity contribution in [3.63, 3.8) is 0 Å². The Morgan fingerprint density at radius 2 is 2.16 bits per heavy atom. The first-order valence-corrected chi connectivity index (χ1v) is 5.39. The van der Waals surface area contributed by atoms with Crippen molar-refractivity contribution >= 4 is 17.6 Å². The zero-order chi connectivity index (χ0) is 14.1. The van der Waals surface area contributed by atoms with Gasteiger partial charge in [-0.3, -0.25) is 4.79 Å². The number of nitrogens with one attached hydrogen (secondary N) is 1. The van der Waals surface area contributed by atoms with Crippen molar-refractivity contribution in [3.8, 4) is 11.8 Å². The van der Waals surface area contributed by atoms with Crippen LogP contribution >= 0.6 is 0 Å². The van der Waals surface area contributed by atoms with Gasteiger partial charge in [0.25, 0.3) is 5.91 Å². The second-order valence-corrected chi connectivity index (χ2v) is 3.46. The molecule has 0 aliphatic rings. The molecule has 0 aliphatic carbocycles. The fourth-order valence-electron chi connectivity index (χ4n) is 1.12. The van der Waals surface area contributed by atoms with Gasteiger partial charge in [-0.15, -0.1) is 0 Å². The molecule has 0 atom stereocenters. The van der Waals surface area contributed by atoms with E-state index in [4.69, 9.17) is 15.7 Å². The minimum absolute atomic E-state index is 0.129. The summed E-state index contributed by atoms with van der Waals surface area (Å²) in [7, 11) is 0. The Kier molecular flexibility index (Phi) is 5.69. The van der Waals surface area contributed by atoms with Crippen LogP contribution in [0.3, 0.4) is 0 Å². The van der Waals surface area contributed by atoms with Gasteiger partial charge >= 0.3 is 5.97 Å². The molecule has 1 amide bonds. The van der Waals surface area contributed by atoms with E-state index in [9.17, 15) is 9.59 Å². The number of anilines is 1. The molecule has 7 heteroatoms. The topological polar surface area (TPSA) is 114 Å². The molecule has 0 saturated heterocycles.